The first-order valence-corrected chi connectivity index (χ1v) is 5.69. The maximum atomic E-state index is 9.60. The van der Waals surface area contributed by atoms with E-state index >= 15 is 0 Å². The second kappa shape index (κ2) is 16.1. The van der Waals surface area contributed by atoms with Crippen molar-refractivity contribution in [3.63, 3.8) is 0 Å². The van der Waals surface area contributed by atoms with Crippen molar-refractivity contribution in [3.05, 3.63) is 72.8 Å². The zero-order valence-corrected chi connectivity index (χ0v) is 12.0. The van der Waals surface area contributed by atoms with E-state index in [9.17, 15) is 4.79 Å². The molecule has 0 aliphatic heterocycles. The first-order valence-electron chi connectivity index (χ1n) is 5.69. The van der Waals surface area contributed by atoms with Crippen LogP contribution in [0.4, 0.5) is 4.79 Å². The third kappa shape index (κ3) is 18.6. The van der Waals surface area contributed by atoms with Gasteiger partial charge in [-0.2, -0.15) is 13.5 Å². The summed E-state index contributed by atoms with van der Waals surface area (Å²) in [5, 5.41) is 0. The highest BCUT2D eigenvalue weighted by molar-refractivity contribution is 7.59. The van der Waals surface area contributed by atoms with Crippen LogP contribution >= 0.6 is 13.5 Å². The molecule has 3 nitrogen and oxygen atoms in total. The van der Waals surface area contributed by atoms with E-state index in [2.05, 4.69) is 10.5 Å². The minimum absolute atomic E-state index is 0. The largest absolute Gasteiger partial charge is 0.450 e. The Labute approximate surface area is 121 Å². The molecule has 0 fully saturated rings. The van der Waals surface area contributed by atoms with Gasteiger partial charge in [0.2, 0.25) is 0 Å². The zero-order chi connectivity index (χ0) is 13.5. The molecule has 2 rings (SSSR count). The van der Waals surface area contributed by atoms with Gasteiger partial charge in [0.25, 0.3) is 0 Å². The lowest BCUT2D eigenvalue weighted by Crippen LogP contribution is -2.11. The number of carbonyl (C=O) groups excluding carboxylic acids is 1. The van der Waals surface area contributed by atoms with Crippen LogP contribution in [0.15, 0.2) is 72.8 Å². The molecule has 0 radical (unpaired) electrons. The Morgan fingerprint density at radius 2 is 1.00 bits per heavy atom. The topological polar surface area (TPSA) is 52.3 Å². The number of rotatable bonds is 1. The third-order valence-corrected chi connectivity index (χ3v) is 1.62. The molecule has 0 bridgehead atoms. The van der Waals surface area contributed by atoms with Gasteiger partial charge in [-0.05, 0) is 6.92 Å². The molecule has 2 aromatic rings. The molecule has 2 aromatic carbocycles. The van der Waals surface area contributed by atoms with Gasteiger partial charge < -0.3 is 10.5 Å². The summed E-state index contributed by atoms with van der Waals surface area (Å²) in [5.41, 5.74) is 4.54. The van der Waals surface area contributed by atoms with E-state index in [1.165, 1.54) is 0 Å². The van der Waals surface area contributed by atoms with Gasteiger partial charge in [0.05, 0.1) is 6.61 Å². The molecule has 4 heteroatoms. The first-order chi connectivity index (χ1) is 8.77. The van der Waals surface area contributed by atoms with Crippen LogP contribution in [0.1, 0.15) is 6.92 Å². The number of hydrogen-bond acceptors (Lipinski definition) is 2. The molecule has 0 aliphatic carbocycles. The molecule has 19 heavy (non-hydrogen) atoms. The Hall–Kier alpha value is -1.94. The SMILES string of the molecule is CCOC(N)=O.S.c1ccccc1.c1ccccc1. The van der Waals surface area contributed by atoms with Crippen molar-refractivity contribution in [2.24, 2.45) is 5.73 Å². The molecule has 1 amide bonds. The van der Waals surface area contributed by atoms with Crippen molar-refractivity contribution in [2.45, 2.75) is 6.92 Å². The molecule has 0 atom stereocenters. The summed E-state index contributed by atoms with van der Waals surface area (Å²) in [6.07, 6.45) is -0.711. The van der Waals surface area contributed by atoms with E-state index in [-0.39, 0.29) is 13.5 Å². The molecule has 0 heterocycles. The average molecular weight is 279 g/mol. The standard InChI is InChI=1S/2C6H6.C3H7NO2.H2S/c2*1-2-4-6-5-3-1;1-2-6-3(4)5;/h2*1-6H;2H2,1H3,(H2,4,5);1H2. The van der Waals surface area contributed by atoms with Crippen molar-refractivity contribution in [1.29, 1.82) is 0 Å². The van der Waals surface area contributed by atoms with Crippen LogP contribution in [0.25, 0.3) is 0 Å². The van der Waals surface area contributed by atoms with E-state index in [4.69, 9.17) is 0 Å². The molecular weight excluding hydrogens is 258 g/mol. The van der Waals surface area contributed by atoms with Crippen molar-refractivity contribution in [2.75, 3.05) is 6.61 Å². The van der Waals surface area contributed by atoms with E-state index < -0.39 is 6.09 Å². The van der Waals surface area contributed by atoms with Crippen LogP contribution in [0.3, 0.4) is 0 Å². The van der Waals surface area contributed by atoms with E-state index in [0.717, 1.165) is 0 Å². The van der Waals surface area contributed by atoms with Gasteiger partial charge in [-0.25, -0.2) is 4.79 Å². The molecule has 104 valence electrons. The Balaban J connectivity index is 0. The van der Waals surface area contributed by atoms with Gasteiger partial charge in [-0.15, -0.1) is 0 Å². The van der Waals surface area contributed by atoms with Crippen molar-refractivity contribution < 1.29 is 9.53 Å². The van der Waals surface area contributed by atoms with Crippen LogP contribution in [0, 0.1) is 0 Å². The Bertz CT molecular complexity index is 297. The molecule has 0 aliphatic rings. The lowest BCUT2D eigenvalue weighted by atomic mass is 10.4. The second-order valence-electron chi connectivity index (χ2n) is 3.06. The average Bonchev–Trinajstić information content (AvgIpc) is 2.44. The van der Waals surface area contributed by atoms with Crippen LogP contribution < -0.4 is 5.73 Å². The fourth-order valence-electron chi connectivity index (χ4n) is 0.912. The molecule has 0 saturated carbocycles. The van der Waals surface area contributed by atoms with Crippen LogP contribution in [0.2, 0.25) is 0 Å². The minimum atomic E-state index is -0.711. The van der Waals surface area contributed by atoms with E-state index in [0.29, 0.717) is 6.61 Å². The highest BCUT2D eigenvalue weighted by atomic mass is 32.1. The summed E-state index contributed by atoms with van der Waals surface area (Å²) in [5.74, 6) is 0. The van der Waals surface area contributed by atoms with Gasteiger partial charge in [-0.1, -0.05) is 72.8 Å². The van der Waals surface area contributed by atoms with Gasteiger partial charge in [0, 0.05) is 0 Å². The van der Waals surface area contributed by atoms with Crippen molar-refractivity contribution in [3.8, 4) is 0 Å². The fourth-order valence-corrected chi connectivity index (χ4v) is 0.912. The predicted molar refractivity (Wildman–Crippen MR) is 84.5 cm³/mol. The maximum Gasteiger partial charge on any atom is 0.404 e. The minimum Gasteiger partial charge on any atom is -0.450 e. The third-order valence-electron chi connectivity index (χ3n) is 1.62. The number of hydrogen-bond donors (Lipinski definition) is 1. The van der Waals surface area contributed by atoms with Crippen LogP contribution in [-0.2, 0) is 4.74 Å². The van der Waals surface area contributed by atoms with Crippen LogP contribution in [-0.4, -0.2) is 12.7 Å². The van der Waals surface area contributed by atoms with Gasteiger partial charge >= 0.3 is 6.09 Å². The summed E-state index contributed by atoms with van der Waals surface area (Å²) < 4.78 is 4.18. The van der Waals surface area contributed by atoms with Gasteiger partial charge in [0.15, 0.2) is 0 Å². The summed E-state index contributed by atoms with van der Waals surface area (Å²) in [6.45, 7) is 2.06. The number of carbonyl (C=O) groups is 1. The zero-order valence-electron chi connectivity index (χ0n) is 11.0. The Kier molecular flexibility index (Phi) is 16.4. The molecule has 2 N–H and O–H groups in total. The normalized spacial score (nSPS) is 7.42. The first kappa shape index (κ1) is 19.4. The maximum absolute atomic E-state index is 9.60. The quantitative estimate of drug-likeness (QED) is 0.867. The summed E-state index contributed by atoms with van der Waals surface area (Å²) in [4.78, 5) is 9.60. The van der Waals surface area contributed by atoms with Crippen molar-refractivity contribution >= 4 is 19.6 Å². The molecule has 0 unspecified atom stereocenters. The summed E-state index contributed by atoms with van der Waals surface area (Å²) in [6, 6.07) is 24.0. The van der Waals surface area contributed by atoms with Crippen molar-refractivity contribution in [1.82, 2.24) is 0 Å². The molecule has 0 aromatic heterocycles. The highest BCUT2D eigenvalue weighted by Gasteiger charge is 1.82. The summed E-state index contributed by atoms with van der Waals surface area (Å²) >= 11 is 0. The predicted octanol–water partition coefficient (Wildman–Crippen LogP) is 3.59. The monoisotopic (exact) mass is 279 g/mol. The van der Waals surface area contributed by atoms with E-state index in [1.54, 1.807) is 6.92 Å². The number of primary amides is 1. The number of benzene rings is 2. The molecule has 0 saturated heterocycles. The Morgan fingerprint density at radius 1 is 0.789 bits per heavy atom. The summed E-state index contributed by atoms with van der Waals surface area (Å²) in [7, 11) is 0. The lowest BCUT2D eigenvalue weighted by Gasteiger charge is -1.89. The van der Waals surface area contributed by atoms with Crippen LogP contribution in [0.5, 0.6) is 0 Å². The number of nitrogens with two attached hydrogens (primary N) is 1. The van der Waals surface area contributed by atoms with E-state index in [1.807, 2.05) is 72.8 Å². The molecule has 0 spiro atoms. The fraction of sp³-hybridized carbons (Fsp3) is 0.133. The lowest BCUT2D eigenvalue weighted by molar-refractivity contribution is 0.163. The van der Waals surface area contributed by atoms with Gasteiger partial charge in [-0.3, -0.25) is 0 Å². The Morgan fingerprint density at radius 3 is 1.05 bits per heavy atom. The van der Waals surface area contributed by atoms with Gasteiger partial charge in [0.1, 0.15) is 0 Å². The molecular formula is C15H21NO2S. The number of ether oxygens (including phenoxy) is 1. The number of amides is 1. The second-order valence-corrected chi connectivity index (χ2v) is 3.06. The highest BCUT2D eigenvalue weighted by Crippen LogP contribution is 1.80. The smallest absolute Gasteiger partial charge is 0.404 e.